The number of halogens is 1. The molecular formula is C13H18ClNO4S. The quantitative estimate of drug-likeness (QED) is 0.803. The molecule has 2 N–H and O–H groups in total. The van der Waals surface area contributed by atoms with E-state index < -0.39 is 16.1 Å². The first kappa shape index (κ1) is 15.6. The zero-order chi connectivity index (χ0) is 14.8. The Morgan fingerprint density at radius 1 is 1.50 bits per heavy atom. The molecule has 0 unspecified atom stereocenters. The lowest BCUT2D eigenvalue weighted by Gasteiger charge is -2.11. The molecular weight excluding hydrogens is 302 g/mol. The SMILES string of the molecule is COc1ccc(S(=O)(=O)NCC[C@@H](O)C2CC2)cc1Cl. The summed E-state index contributed by atoms with van der Waals surface area (Å²) in [6.45, 7) is 0.212. The van der Waals surface area contributed by atoms with Crippen LogP contribution in [-0.2, 0) is 10.0 Å². The smallest absolute Gasteiger partial charge is 0.240 e. The molecule has 0 saturated heterocycles. The number of aliphatic hydroxyl groups is 1. The molecule has 1 aromatic rings. The molecule has 0 radical (unpaired) electrons. The Kier molecular flexibility index (Phi) is 4.90. The molecule has 1 aromatic carbocycles. The second-order valence-electron chi connectivity index (χ2n) is 4.89. The fourth-order valence-corrected chi connectivity index (χ4v) is 3.35. The van der Waals surface area contributed by atoms with Crippen LogP contribution in [0.4, 0.5) is 0 Å². The van der Waals surface area contributed by atoms with Gasteiger partial charge in [-0.3, -0.25) is 0 Å². The average Bonchev–Trinajstić information content (AvgIpc) is 3.22. The molecule has 1 aliphatic carbocycles. The van der Waals surface area contributed by atoms with Crippen LogP contribution in [0.15, 0.2) is 23.1 Å². The lowest BCUT2D eigenvalue weighted by Crippen LogP contribution is -2.27. The van der Waals surface area contributed by atoms with Crippen molar-refractivity contribution in [3.05, 3.63) is 23.2 Å². The molecule has 1 atom stereocenters. The molecule has 5 nitrogen and oxygen atoms in total. The number of rotatable bonds is 7. The van der Waals surface area contributed by atoms with E-state index in [0.717, 1.165) is 12.8 Å². The van der Waals surface area contributed by atoms with Crippen molar-refractivity contribution >= 4 is 21.6 Å². The van der Waals surface area contributed by atoms with Crippen LogP contribution in [0.3, 0.4) is 0 Å². The molecule has 20 heavy (non-hydrogen) atoms. The third-order valence-electron chi connectivity index (χ3n) is 3.33. The summed E-state index contributed by atoms with van der Waals surface area (Å²) in [5, 5.41) is 9.94. The van der Waals surface area contributed by atoms with Gasteiger partial charge in [-0.05, 0) is 43.4 Å². The second-order valence-corrected chi connectivity index (χ2v) is 7.06. The highest BCUT2D eigenvalue weighted by Gasteiger charge is 2.29. The van der Waals surface area contributed by atoms with E-state index in [1.807, 2.05) is 0 Å². The number of aliphatic hydroxyl groups excluding tert-OH is 1. The molecule has 7 heteroatoms. The van der Waals surface area contributed by atoms with Gasteiger partial charge < -0.3 is 9.84 Å². The minimum atomic E-state index is -3.61. The van der Waals surface area contributed by atoms with E-state index in [1.54, 1.807) is 0 Å². The van der Waals surface area contributed by atoms with Crippen LogP contribution in [-0.4, -0.2) is 33.3 Å². The Labute approximate surface area is 124 Å². The van der Waals surface area contributed by atoms with Crippen LogP contribution in [0.5, 0.6) is 5.75 Å². The molecule has 0 amide bonds. The summed E-state index contributed by atoms with van der Waals surface area (Å²) in [6.07, 6.45) is 2.06. The van der Waals surface area contributed by atoms with Gasteiger partial charge in [-0.15, -0.1) is 0 Å². The van der Waals surface area contributed by atoms with Crippen molar-refractivity contribution in [1.82, 2.24) is 4.72 Å². The first-order chi connectivity index (χ1) is 9.44. The lowest BCUT2D eigenvalue weighted by molar-refractivity contribution is 0.143. The highest BCUT2D eigenvalue weighted by Crippen LogP contribution is 2.33. The molecule has 112 valence electrons. The first-order valence-electron chi connectivity index (χ1n) is 6.45. The predicted molar refractivity (Wildman–Crippen MR) is 76.5 cm³/mol. The van der Waals surface area contributed by atoms with Crippen LogP contribution >= 0.6 is 11.6 Å². The van der Waals surface area contributed by atoms with Gasteiger partial charge in [-0.1, -0.05) is 11.6 Å². The number of ether oxygens (including phenoxy) is 1. The monoisotopic (exact) mass is 319 g/mol. The van der Waals surface area contributed by atoms with Crippen LogP contribution < -0.4 is 9.46 Å². The maximum atomic E-state index is 12.1. The van der Waals surface area contributed by atoms with Crippen molar-refractivity contribution in [2.75, 3.05) is 13.7 Å². The Morgan fingerprint density at radius 2 is 2.20 bits per heavy atom. The number of sulfonamides is 1. The maximum absolute atomic E-state index is 12.1. The highest BCUT2D eigenvalue weighted by atomic mass is 35.5. The number of methoxy groups -OCH3 is 1. The number of hydrogen-bond acceptors (Lipinski definition) is 4. The number of nitrogens with one attached hydrogen (secondary N) is 1. The van der Waals surface area contributed by atoms with Gasteiger partial charge in [-0.25, -0.2) is 13.1 Å². The summed E-state index contributed by atoms with van der Waals surface area (Å²) < 4.78 is 31.6. The van der Waals surface area contributed by atoms with Crippen molar-refractivity contribution in [2.45, 2.75) is 30.3 Å². The Bertz CT molecular complexity index is 572. The van der Waals surface area contributed by atoms with E-state index in [-0.39, 0.29) is 16.5 Å². The van der Waals surface area contributed by atoms with Crippen LogP contribution in [0.2, 0.25) is 5.02 Å². The summed E-state index contributed by atoms with van der Waals surface area (Å²) in [6, 6.07) is 4.29. The Balaban J connectivity index is 1.96. The number of benzene rings is 1. The van der Waals surface area contributed by atoms with E-state index in [0.29, 0.717) is 18.1 Å². The summed E-state index contributed by atoms with van der Waals surface area (Å²) in [5.74, 6) is 0.768. The van der Waals surface area contributed by atoms with Crippen molar-refractivity contribution in [3.8, 4) is 5.75 Å². The van der Waals surface area contributed by atoms with E-state index >= 15 is 0 Å². The minimum Gasteiger partial charge on any atom is -0.495 e. The summed E-state index contributed by atoms with van der Waals surface area (Å²) >= 11 is 5.91. The summed E-state index contributed by atoms with van der Waals surface area (Å²) in [4.78, 5) is 0.0872. The van der Waals surface area contributed by atoms with Gasteiger partial charge in [0.25, 0.3) is 0 Å². The molecule has 0 aliphatic heterocycles. The van der Waals surface area contributed by atoms with E-state index in [1.165, 1.54) is 25.3 Å². The third-order valence-corrected chi connectivity index (χ3v) is 5.09. The van der Waals surface area contributed by atoms with Crippen LogP contribution in [0.1, 0.15) is 19.3 Å². The van der Waals surface area contributed by atoms with Crippen molar-refractivity contribution in [2.24, 2.45) is 5.92 Å². The van der Waals surface area contributed by atoms with Gasteiger partial charge in [0.15, 0.2) is 0 Å². The molecule has 2 rings (SSSR count). The standard InChI is InChI=1S/C13H18ClNO4S/c1-19-13-5-4-10(8-11(13)14)20(17,18)15-7-6-12(16)9-2-3-9/h4-5,8-9,12,15-16H,2-3,6-7H2,1H3/t12-/m1/s1. The van der Waals surface area contributed by atoms with Gasteiger partial charge in [0, 0.05) is 6.54 Å². The molecule has 0 heterocycles. The largest absolute Gasteiger partial charge is 0.495 e. The van der Waals surface area contributed by atoms with Gasteiger partial charge in [0.05, 0.1) is 23.1 Å². The molecule has 0 bridgehead atoms. The highest BCUT2D eigenvalue weighted by molar-refractivity contribution is 7.89. The maximum Gasteiger partial charge on any atom is 0.240 e. The Morgan fingerprint density at radius 3 is 2.75 bits per heavy atom. The van der Waals surface area contributed by atoms with E-state index in [4.69, 9.17) is 16.3 Å². The zero-order valence-corrected chi connectivity index (χ0v) is 12.7. The van der Waals surface area contributed by atoms with E-state index in [9.17, 15) is 13.5 Å². The van der Waals surface area contributed by atoms with Crippen molar-refractivity contribution in [3.63, 3.8) is 0 Å². The molecule has 0 spiro atoms. The van der Waals surface area contributed by atoms with E-state index in [2.05, 4.69) is 4.72 Å². The van der Waals surface area contributed by atoms with Gasteiger partial charge in [0.1, 0.15) is 5.75 Å². The normalized spacial score (nSPS) is 16.9. The third kappa shape index (κ3) is 3.85. The van der Waals surface area contributed by atoms with Gasteiger partial charge in [0.2, 0.25) is 10.0 Å². The fraction of sp³-hybridized carbons (Fsp3) is 0.538. The topological polar surface area (TPSA) is 75.6 Å². The Hall–Kier alpha value is -0.820. The second kappa shape index (κ2) is 6.30. The van der Waals surface area contributed by atoms with Crippen LogP contribution in [0, 0.1) is 5.92 Å². The van der Waals surface area contributed by atoms with Crippen LogP contribution in [0.25, 0.3) is 0 Å². The summed E-state index contributed by atoms with van der Waals surface area (Å²) in [7, 11) is -2.14. The van der Waals surface area contributed by atoms with Crippen molar-refractivity contribution in [1.29, 1.82) is 0 Å². The first-order valence-corrected chi connectivity index (χ1v) is 8.31. The predicted octanol–water partition coefficient (Wildman–Crippen LogP) is 1.79. The zero-order valence-electron chi connectivity index (χ0n) is 11.2. The minimum absolute atomic E-state index is 0.0872. The molecule has 0 aromatic heterocycles. The molecule has 1 aliphatic rings. The fourth-order valence-electron chi connectivity index (χ4n) is 1.96. The van der Waals surface area contributed by atoms with Crippen molar-refractivity contribution < 1.29 is 18.3 Å². The number of hydrogen-bond donors (Lipinski definition) is 2. The van der Waals surface area contributed by atoms with Gasteiger partial charge >= 0.3 is 0 Å². The van der Waals surface area contributed by atoms with Gasteiger partial charge in [-0.2, -0.15) is 0 Å². The lowest BCUT2D eigenvalue weighted by atomic mass is 10.2. The molecule has 1 saturated carbocycles. The average molecular weight is 320 g/mol. The summed E-state index contributed by atoms with van der Waals surface area (Å²) in [5.41, 5.74) is 0. The molecule has 1 fully saturated rings.